The Morgan fingerprint density at radius 2 is 1.31 bits per heavy atom. The van der Waals surface area contributed by atoms with E-state index in [1.165, 1.54) is 7.11 Å². The normalized spacial score (nSPS) is 13.4. The van der Waals surface area contributed by atoms with Crippen molar-refractivity contribution in [2.45, 2.75) is 18.9 Å². The molecule has 136 valence electrons. The van der Waals surface area contributed by atoms with E-state index in [0.717, 1.165) is 37.1 Å². The Bertz CT molecular complexity index is 747. The summed E-state index contributed by atoms with van der Waals surface area (Å²) >= 11 is 0. The molecule has 1 aromatic carbocycles. The van der Waals surface area contributed by atoms with Crippen molar-refractivity contribution in [3.05, 3.63) is 48.6 Å². The summed E-state index contributed by atoms with van der Waals surface area (Å²) in [6, 6.07) is 6.30. The van der Waals surface area contributed by atoms with Crippen molar-refractivity contribution in [3.63, 3.8) is 0 Å². The average molecular weight is 358 g/mol. The third kappa shape index (κ3) is 7.00. The molecule has 0 heterocycles. The summed E-state index contributed by atoms with van der Waals surface area (Å²) < 4.78 is 9.36. The predicted molar refractivity (Wildman–Crippen MR) is 93.1 cm³/mol. The van der Waals surface area contributed by atoms with E-state index in [1.807, 2.05) is 0 Å². The second kappa shape index (κ2) is 9.16. The van der Waals surface area contributed by atoms with Crippen LogP contribution >= 0.6 is 0 Å². The Labute approximate surface area is 149 Å². The molecular weight excluding hydrogens is 340 g/mol. The van der Waals surface area contributed by atoms with Gasteiger partial charge in [-0.1, -0.05) is 0 Å². The molecule has 0 radical (unpaired) electrons. The Morgan fingerprint density at radius 1 is 0.846 bits per heavy atom. The molecule has 2 rings (SSSR count). The number of hydrogen-bond donors (Lipinski definition) is 2. The number of benzene rings is 1. The quantitative estimate of drug-likeness (QED) is 0.565. The first kappa shape index (κ1) is 18.9. The molecule has 8 heteroatoms. The minimum absolute atomic E-state index is 0.0135. The Hall–Kier alpha value is -3.42. The van der Waals surface area contributed by atoms with Crippen LogP contribution < -0.4 is 10.6 Å². The third-order valence-corrected chi connectivity index (χ3v) is 3.17. The molecule has 0 bridgehead atoms. The molecule has 1 fully saturated rings. The van der Waals surface area contributed by atoms with Gasteiger partial charge in [-0.3, -0.25) is 9.59 Å². The summed E-state index contributed by atoms with van der Waals surface area (Å²) in [5, 5.41) is 5.12. The van der Waals surface area contributed by atoms with Gasteiger partial charge in [-0.05, 0) is 37.1 Å². The standard InChI is InChI=1S/C18H18N2O6/c1-25-17(23)10-8-15(21)19-12-2-4-13(5-3-12)20-16(22)9-11-18(24)26-14-6-7-14/h2-5,8-11,14H,6-7H2,1H3,(H,19,21)(H,20,22)/b10-8-,11-9-. The van der Waals surface area contributed by atoms with Crippen molar-refractivity contribution in [2.75, 3.05) is 17.7 Å². The molecule has 1 aliphatic rings. The first-order chi connectivity index (χ1) is 12.5. The van der Waals surface area contributed by atoms with Crippen molar-refractivity contribution in [1.29, 1.82) is 0 Å². The number of hydrogen-bond acceptors (Lipinski definition) is 6. The first-order valence-electron chi connectivity index (χ1n) is 7.83. The predicted octanol–water partition coefficient (Wildman–Crippen LogP) is 1.55. The van der Waals surface area contributed by atoms with Crippen LogP contribution in [0.4, 0.5) is 11.4 Å². The van der Waals surface area contributed by atoms with Crippen LogP contribution in [0.3, 0.4) is 0 Å². The minimum atomic E-state index is -0.632. The summed E-state index contributed by atoms with van der Waals surface area (Å²) in [7, 11) is 1.21. The fourth-order valence-corrected chi connectivity index (χ4v) is 1.75. The Morgan fingerprint density at radius 3 is 1.73 bits per heavy atom. The van der Waals surface area contributed by atoms with Crippen molar-refractivity contribution >= 4 is 35.1 Å². The number of nitrogens with one attached hydrogen (secondary N) is 2. The van der Waals surface area contributed by atoms with Gasteiger partial charge in [-0.15, -0.1) is 0 Å². The van der Waals surface area contributed by atoms with Gasteiger partial charge in [0.1, 0.15) is 6.10 Å². The monoisotopic (exact) mass is 358 g/mol. The zero-order valence-electron chi connectivity index (χ0n) is 14.1. The maximum absolute atomic E-state index is 11.7. The lowest BCUT2D eigenvalue weighted by Crippen LogP contribution is -2.11. The number of rotatable bonds is 7. The van der Waals surface area contributed by atoms with Gasteiger partial charge in [0.05, 0.1) is 7.11 Å². The number of ether oxygens (including phenoxy) is 2. The van der Waals surface area contributed by atoms with E-state index in [1.54, 1.807) is 24.3 Å². The highest BCUT2D eigenvalue weighted by atomic mass is 16.5. The van der Waals surface area contributed by atoms with Crippen molar-refractivity contribution < 1.29 is 28.7 Å². The number of anilines is 2. The van der Waals surface area contributed by atoms with Crippen molar-refractivity contribution in [3.8, 4) is 0 Å². The van der Waals surface area contributed by atoms with Gasteiger partial charge in [0.15, 0.2) is 0 Å². The number of esters is 2. The largest absolute Gasteiger partial charge is 0.466 e. The molecule has 2 amide bonds. The molecule has 1 aromatic rings. The lowest BCUT2D eigenvalue weighted by molar-refractivity contribution is -0.139. The SMILES string of the molecule is COC(=O)/C=C\C(=O)Nc1ccc(NC(=O)/C=C\C(=O)OC2CC2)cc1. The summed E-state index contributed by atoms with van der Waals surface area (Å²) in [4.78, 5) is 45.6. The van der Waals surface area contributed by atoms with Crippen LogP contribution in [-0.4, -0.2) is 37.0 Å². The van der Waals surface area contributed by atoms with Crippen LogP contribution in [0.1, 0.15) is 12.8 Å². The average Bonchev–Trinajstić information content (AvgIpc) is 3.43. The molecule has 1 aliphatic carbocycles. The fraction of sp³-hybridized carbons (Fsp3) is 0.222. The van der Waals surface area contributed by atoms with E-state index in [0.29, 0.717) is 11.4 Å². The Balaban J connectivity index is 1.80. The summed E-state index contributed by atoms with van der Waals surface area (Å²) in [5.41, 5.74) is 0.962. The van der Waals surface area contributed by atoms with Crippen LogP contribution in [0.25, 0.3) is 0 Å². The molecule has 0 atom stereocenters. The summed E-state index contributed by atoms with van der Waals surface area (Å²) in [6.45, 7) is 0. The number of methoxy groups -OCH3 is 1. The van der Waals surface area contributed by atoms with Crippen molar-refractivity contribution in [2.24, 2.45) is 0 Å². The maximum atomic E-state index is 11.7. The molecule has 0 saturated heterocycles. The van der Waals surface area contributed by atoms with E-state index < -0.39 is 23.8 Å². The lowest BCUT2D eigenvalue weighted by atomic mass is 10.2. The zero-order valence-corrected chi connectivity index (χ0v) is 14.1. The van der Waals surface area contributed by atoms with Crippen molar-refractivity contribution in [1.82, 2.24) is 0 Å². The van der Waals surface area contributed by atoms with E-state index in [4.69, 9.17) is 4.74 Å². The molecular formula is C18H18N2O6. The molecule has 8 nitrogen and oxygen atoms in total. The van der Waals surface area contributed by atoms with E-state index in [9.17, 15) is 19.2 Å². The summed E-state index contributed by atoms with van der Waals surface area (Å²) in [5.74, 6) is -2.15. The molecule has 26 heavy (non-hydrogen) atoms. The highest BCUT2D eigenvalue weighted by molar-refractivity contribution is 6.04. The van der Waals surface area contributed by atoms with Gasteiger partial charge >= 0.3 is 11.9 Å². The zero-order chi connectivity index (χ0) is 18.9. The van der Waals surface area contributed by atoms with E-state index in [2.05, 4.69) is 15.4 Å². The smallest absolute Gasteiger partial charge is 0.331 e. The highest BCUT2D eigenvalue weighted by Gasteiger charge is 2.24. The second-order valence-electron chi connectivity index (χ2n) is 5.38. The van der Waals surface area contributed by atoms with Crippen LogP contribution in [0.5, 0.6) is 0 Å². The van der Waals surface area contributed by atoms with Crippen LogP contribution in [0.2, 0.25) is 0 Å². The fourth-order valence-electron chi connectivity index (χ4n) is 1.75. The molecule has 0 aromatic heterocycles. The van der Waals surface area contributed by atoms with Crippen LogP contribution in [0, 0.1) is 0 Å². The number of amides is 2. The van der Waals surface area contributed by atoms with Gasteiger partial charge in [-0.25, -0.2) is 9.59 Å². The topological polar surface area (TPSA) is 111 Å². The molecule has 0 spiro atoms. The second-order valence-corrected chi connectivity index (χ2v) is 5.38. The Kier molecular flexibility index (Phi) is 6.67. The molecule has 1 saturated carbocycles. The van der Waals surface area contributed by atoms with Crippen LogP contribution in [-0.2, 0) is 28.7 Å². The number of carbonyl (C=O) groups excluding carboxylic acids is 4. The van der Waals surface area contributed by atoms with Crippen LogP contribution in [0.15, 0.2) is 48.6 Å². The first-order valence-corrected chi connectivity index (χ1v) is 7.83. The van der Waals surface area contributed by atoms with Gasteiger partial charge in [0.2, 0.25) is 11.8 Å². The van der Waals surface area contributed by atoms with Gasteiger partial charge in [-0.2, -0.15) is 0 Å². The summed E-state index contributed by atoms with van der Waals surface area (Å²) in [6.07, 6.45) is 5.95. The molecule has 0 unspecified atom stereocenters. The van der Waals surface area contributed by atoms with Gasteiger partial charge in [0, 0.05) is 35.7 Å². The lowest BCUT2D eigenvalue weighted by Gasteiger charge is -2.05. The van der Waals surface area contributed by atoms with Gasteiger partial charge in [0.25, 0.3) is 0 Å². The van der Waals surface area contributed by atoms with E-state index in [-0.39, 0.29) is 6.10 Å². The highest BCUT2D eigenvalue weighted by Crippen LogP contribution is 2.23. The van der Waals surface area contributed by atoms with E-state index >= 15 is 0 Å². The minimum Gasteiger partial charge on any atom is -0.466 e. The maximum Gasteiger partial charge on any atom is 0.331 e. The third-order valence-electron chi connectivity index (χ3n) is 3.17. The van der Waals surface area contributed by atoms with Gasteiger partial charge < -0.3 is 20.1 Å². The molecule has 2 N–H and O–H groups in total. The molecule has 0 aliphatic heterocycles. The number of carbonyl (C=O) groups is 4.